The molecule has 2 heterocycles. The molecule has 210 valence electrons. The smallest absolute Gasteiger partial charge is 0.251 e. The van der Waals surface area contributed by atoms with Crippen molar-refractivity contribution in [3.8, 4) is 0 Å². The standard InChI is InChI=1S/C32H36FN3O2S2/c1-22(15-17-39-2)36-31(37)30-18-24(6-11-25(30)10-5-23-7-12-27(33)13-8-23)9-14-28-19-29(21-35-28)40-32(38)26-4-3-16-34-20-26/h3-4,6-9,11-14,16,18,20,22,28-29,35H,5,10,15,17,19,21H2,1-2H3,(H,36,37)/b14-9+/t22-,28-,29+/m1/s1. The first-order valence-electron chi connectivity index (χ1n) is 13.6. The van der Waals surface area contributed by atoms with Gasteiger partial charge in [-0.25, -0.2) is 4.39 Å². The van der Waals surface area contributed by atoms with Crippen molar-refractivity contribution in [2.45, 2.75) is 49.9 Å². The number of hydrogen-bond donors (Lipinski definition) is 2. The molecule has 1 aliphatic heterocycles. The molecule has 1 fully saturated rings. The summed E-state index contributed by atoms with van der Waals surface area (Å²) < 4.78 is 13.3. The number of carbonyl (C=O) groups is 2. The first-order valence-corrected chi connectivity index (χ1v) is 15.9. The lowest BCUT2D eigenvalue weighted by atomic mass is 9.96. The number of rotatable bonds is 12. The fourth-order valence-electron chi connectivity index (χ4n) is 4.62. The van der Waals surface area contributed by atoms with Crippen LogP contribution >= 0.6 is 23.5 Å². The fourth-order valence-corrected chi connectivity index (χ4v) is 6.26. The molecule has 0 unspecified atom stereocenters. The van der Waals surface area contributed by atoms with Gasteiger partial charge in [-0.3, -0.25) is 14.6 Å². The topological polar surface area (TPSA) is 71.1 Å². The molecule has 0 radical (unpaired) electrons. The van der Waals surface area contributed by atoms with Gasteiger partial charge in [0.25, 0.3) is 5.91 Å². The molecule has 0 bridgehead atoms. The molecular weight excluding hydrogens is 542 g/mol. The van der Waals surface area contributed by atoms with Crippen LogP contribution in [0.25, 0.3) is 6.08 Å². The lowest BCUT2D eigenvalue weighted by molar-refractivity contribution is 0.0938. The van der Waals surface area contributed by atoms with Gasteiger partial charge in [0.15, 0.2) is 0 Å². The maximum absolute atomic E-state index is 13.3. The maximum Gasteiger partial charge on any atom is 0.251 e. The molecule has 2 N–H and O–H groups in total. The van der Waals surface area contributed by atoms with Crippen LogP contribution in [0.2, 0.25) is 0 Å². The summed E-state index contributed by atoms with van der Waals surface area (Å²) >= 11 is 3.13. The molecule has 0 spiro atoms. The van der Waals surface area contributed by atoms with Crippen molar-refractivity contribution >= 4 is 40.6 Å². The summed E-state index contributed by atoms with van der Waals surface area (Å²) in [4.78, 5) is 29.9. The Morgan fingerprint density at radius 3 is 2.75 bits per heavy atom. The van der Waals surface area contributed by atoms with Crippen molar-refractivity contribution < 1.29 is 14.0 Å². The minimum absolute atomic E-state index is 0.0446. The number of amides is 1. The zero-order valence-corrected chi connectivity index (χ0v) is 24.6. The van der Waals surface area contributed by atoms with E-state index in [9.17, 15) is 14.0 Å². The number of benzene rings is 2. The maximum atomic E-state index is 13.3. The third-order valence-electron chi connectivity index (χ3n) is 6.92. The van der Waals surface area contributed by atoms with Gasteiger partial charge in [-0.2, -0.15) is 11.8 Å². The Kier molecular flexibility index (Phi) is 11.4. The predicted octanol–water partition coefficient (Wildman–Crippen LogP) is 6.19. The van der Waals surface area contributed by atoms with Crippen LogP contribution in [0, 0.1) is 5.82 Å². The summed E-state index contributed by atoms with van der Waals surface area (Å²) in [5, 5.41) is 6.89. The highest BCUT2D eigenvalue weighted by molar-refractivity contribution is 8.14. The Balaban J connectivity index is 1.42. The second-order valence-electron chi connectivity index (χ2n) is 10.1. The van der Waals surface area contributed by atoms with Gasteiger partial charge in [0.2, 0.25) is 5.12 Å². The van der Waals surface area contributed by atoms with Gasteiger partial charge >= 0.3 is 0 Å². The van der Waals surface area contributed by atoms with E-state index in [1.807, 2.05) is 31.2 Å². The molecule has 1 aliphatic rings. The number of aryl methyl sites for hydroxylation is 2. The van der Waals surface area contributed by atoms with Crippen LogP contribution in [0.1, 0.15) is 57.2 Å². The van der Waals surface area contributed by atoms with Crippen molar-refractivity contribution in [3.63, 3.8) is 0 Å². The van der Waals surface area contributed by atoms with E-state index in [1.165, 1.54) is 23.9 Å². The lowest BCUT2D eigenvalue weighted by Gasteiger charge is -2.16. The summed E-state index contributed by atoms with van der Waals surface area (Å²) in [6.45, 7) is 2.80. The zero-order chi connectivity index (χ0) is 28.3. The van der Waals surface area contributed by atoms with E-state index in [0.29, 0.717) is 17.5 Å². The molecule has 0 saturated carbocycles. The predicted molar refractivity (Wildman–Crippen MR) is 166 cm³/mol. The Morgan fingerprint density at radius 2 is 2.00 bits per heavy atom. The SMILES string of the molecule is CSCC[C@@H](C)NC(=O)c1cc(/C=C/[C@@H]2C[C@H](SC(=O)c3cccnc3)CN2)ccc1CCc1ccc(F)cc1. The van der Waals surface area contributed by atoms with E-state index in [4.69, 9.17) is 0 Å². The number of pyridine rings is 1. The van der Waals surface area contributed by atoms with E-state index >= 15 is 0 Å². The number of aromatic nitrogens is 1. The Labute approximate surface area is 244 Å². The Bertz CT molecular complexity index is 1300. The van der Waals surface area contributed by atoms with Crippen LogP contribution in [-0.4, -0.2) is 51.9 Å². The number of nitrogens with zero attached hydrogens (tertiary/aromatic N) is 1. The molecule has 8 heteroatoms. The van der Waals surface area contributed by atoms with Crippen LogP contribution in [0.15, 0.2) is 73.1 Å². The average molecular weight is 578 g/mol. The Morgan fingerprint density at radius 1 is 1.18 bits per heavy atom. The third kappa shape index (κ3) is 9.04. The van der Waals surface area contributed by atoms with E-state index in [-0.39, 0.29) is 34.2 Å². The monoisotopic (exact) mass is 577 g/mol. The van der Waals surface area contributed by atoms with Crippen LogP contribution in [0.4, 0.5) is 4.39 Å². The molecule has 3 atom stereocenters. The highest BCUT2D eigenvalue weighted by Gasteiger charge is 2.25. The fraction of sp³-hybridized carbons (Fsp3) is 0.344. The van der Waals surface area contributed by atoms with Crippen LogP contribution in [-0.2, 0) is 12.8 Å². The van der Waals surface area contributed by atoms with Crippen molar-refractivity contribution in [1.29, 1.82) is 0 Å². The summed E-state index contributed by atoms with van der Waals surface area (Å²) in [6, 6.07) is 16.4. The van der Waals surface area contributed by atoms with Gasteiger partial charge in [0.05, 0.1) is 0 Å². The molecular formula is C32H36FN3O2S2. The normalized spacial score (nSPS) is 17.7. The van der Waals surface area contributed by atoms with E-state index in [2.05, 4.69) is 27.9 Å². The quantitative estimate of drug-likeness (QED) is 0.267. The highest BCUT2D eigenvalue weighted by atomic mass is 32.2. The summed E-state index contributed by atoms with van der Waals surface area (Å²) in [5.74, 6) is 0.673. The minimum Gasteiger partial charge on any atom is -0.350 e. The van der Waals surface area contributed by atoms with E-state index in [0.717, 1.165) is 48.3 Å². The molecule has 4 rings (SSSR count). The third-order valence-corrected chi connectivity index (χ3v) is 8.71. The van der Waals surface area contributed by atoms with Gasteiger partial charge in [-0.05, 0) is 91.6 Å². The van der Waals surface area contributed by atoms with Crippen molar-refractivity contribution in [3.05, 3.63) is 107 Å². The number of carbonyl (C=O) groups excluding carboxylic acids is 2. The number of hydrogen-bond acceptors (Lipinski definition) is 6. The summed E-state index contributed by atoms with van der Waals surface area (Å²) in [5.41, 5.74) is 4.26. The molecule has 1 saturated heterocycles. The first kappa shape index (κ1) is 30.0. The van der Waals surface area contributed by atoms with Gasteiger partial charge in [0.1, 0.15) is 5.82 Å². The molecule has 1 aromatic heterocycles. The van der Waals surface area contributed by atoms with Crippen molar-refractivity contribution in [2.75, 3.05) is 18.6 Å². The first-order chi connectivity index (χ1) is 19.4. The number of halogens is 1. The van der Waals surface area contributed by atoms with E-state index < -0.39 is 0 Å². The Hall–Kier alpha value is -2.94. The van der Waals surface area contributed by atoms with Crippen molar-refractivity contribution in [2.24, 2.45) is 0 Å². The lowest BCUT2D eigenvalue weighted by Crippen LogP contribution is -2.33. The van der Waals surface area contributed by atoms with Crippen LogP contribution in [0.5, 0.6) is 0 Å². The summed E-state index contributed by atoms with van der Waals surface area (Å²) in [6.07, 6.45) is 12.7. The largest absolute Gasteiger partial charge is 0.350 e. The molecule has 3 aromatic rings. The van der Waals surface area contributed by atoms with E-state index in [1.54, 1.807) is 48.4 Å². The van der Waals surface area contributed by atoms with Gasteiger partial charge in [0, 0.05) is 47.4 Å². The van der Waals surface area contributed by atoms with Crippen LogP contribution in [0.3, 0.4) is 0 Å². The van der Waals surface area contributed by atoms with Gasteiger partial charge < -0.3 is 10.6 Å². The van der Waals surface area contributed by atoms with Crippen molar-refractivity contribution in [1.82, 2.24) is 15.6 Å². The van der Waals surface area contributed by atoms with Crippen LogP contribution < -0.4 is 10.6 Å². The average Bonchev–Trinajstić information content (AvgIpc) is 3.42. The highest BCUT2D eigenvalue weighted by Crippen LogP contribution is 2.26. The number of thioether (sulfide) groups is 2. The summed E-state index contributed by atoms with van der Waals surface area (Å²) in [7, 11) is 0. The van der Waals surface area contributed by atoms with Gasteiger partial charge in [-0.15, -0.1) is 0 Å². The zero-order valence-electron chi connectivity index (χ0n) is 22.9. The molecule has 0 aliphatic carbocycles. The molecule has 1 amide bonds. The molecule has 40 heavy (non-hydrogen) atoms. The van der Waals surface area contributed by atoms with Gasteiger partial charge in [-0.1, -0.05) is 48.2 Å². The minimum atomic E-state index is -0.249. The number of nitrogens with one attached hydrogen (secondary N) is 2. The second kappa shape index (κ2) is 15.2. The molecule has 2 aromatic carbocycles. The molecule has 5 nitrogen and oxygen atoms in total. The second-order valence-corrected chi connectivity index (χ2v) is 12.3.